The number of halogens is 1. The summed E-state index contributed by atoms with van der Waals surface area (Å²) in [7, 11) is 0. The Morgan fingerprint density at radius 1 is 1.33 bits per heavy atom. The molecular weight excluding hydrogens is 368 g/mol. The Morgan fingerprint density at radius 2 is 2.15 bits per heavy atom. The molecule has 0 N–H and O–H groups in total. The summed E-state index contributed by atoms with van der Waals surface area (Å²) in [5.74, 6) is 1.66. The second-order valence-electron chi connectivity index (χ2n) is 7.40. The van der Waals surface area contributed by atoms with Gasteiger partial charge in [-0.05, 0) is 32.0 Å². The first-order valence-electron chi connectivity index (χ1n) is 8.90. The van der Waals surface area contributed by atoms with Gasteiger partial charge in [-0.1, -0.05) is 23.7 Å². The molecule has 2 aromatic rings. The van der Waals surface area contributed by atoms with E-state index in [4.69, 9.17) is 25.8 Å². The fourth-order valence-electron chi connectivity index (χ4n) is 3.26. The summed E-state index contributed by atoms with van der Waals surface area (Å²) in [4.78, 5) is 18.1. The number of amides is 1. The van der Waals surface area contributed by atoms with Crippen LogP contribution in [0.1, 0.15) is 19.4 Å². The number of carbonyl (C=O) groups is 1. The van der Waals surface area contributed by atoms with Crippen molar-refractivity contribution in [2.24, 2.45) is 0 Å². The van der Waals surface area contributed by atoms with E-state index >= 15 is 0 Å². The van der Waals surface area contributed by atoms with Crippen LogP contribution in [0.2, 0.25) is 5.02 Å². The minimum absolute atomic E-state index is 0.0305. The van der Waals surface area contributed by atoms with Crippen molar-refractivity contribution in [3.8, 4) is 17.4 Å². The Hall–Kier alpha value is -2.47. The van der Waals surface area contributed by atoms with Crippen LogP contribution in [0.25, 0.3) is 0 Å². The van der Waals surface area contributed by atoms with Crippen LogP contribution in [-0.4, -0.2) is 47.2 Å². The summed E-state index contributed by atoms with van der Waals surface area (Å²) in [5, 5.41) is 0.464. The van der Waals surface area contributed by atoms with Crippen molar-refractivity contribution in [3.63, 3.8) is 0 Å². The van der Waals surface area contributed by atoms with Gasteiger partial charge >= 0.3 is 0 Å². The van der Waals surface area contributed by atoms with E-state index < -0.39 is 0 Å². The Bertz CT molecular complexity index is 865. The molecule has 1 aromatic heterocycles. The Kier molecular flexibility index (Phi) is 4.60. The molecule has 3 heterocycles. The molecule has 1 aromatic carbocycles. The predicted molar refractivity (Wildman–Crippen MR) is 101 cm³/mol. The lowest BCUT2D eigenvalue weighted by Crippen LogP contribution is -2.57. The van der Waals surface area contributed by atoms with Crippen LogP contribution in [0.5, 0.6) is 17.4 Å². The Labute approximate surface area is 163 Å². The Morgan fingerprint density at radius 3 is 2.93 bits per heavy atom. The van der Waals surface area contributed by atoms with E-state index in [0.29, 0.717) is 29.7 Å². The number of ether oxygens (including phenoxy) is 3. The topological polar surface area (TPSA) is 60.9 Å². The van der Waals surface area contributed by atoms with E-state index in [1.807, 2.05) is 32.0 Å². The molecule has 2 aliphatic heterocycles. The lowest BCUT2D eigenvalue weighted by atomic mass is 10.0. The standard InChI is InChI=1S/C20H21ClN2O4/c1-20(2)9-13-5-3-7-16(18(13)27-20)25-12-17(24)23-10-14(11-23)26-19-15(21)6-4-8-22-19/h3-8,14H,9-12H2,1-2H3. The van der Waals surface area contributed by atoms with E-state index in [-0.39, 0.29) is 24.2 Å². The highest BCUT2D eigenvalue weighted by molar-refractivity contribution is 6.31. The van der Waals surface area contributed by atoms with E-state index in [1.54, 1.807) is 23.2 Å². The maximum absolute atomic E-state index is 12.4. The number of hydrogen-bond acceptors (Lipinski definition) is 5. The molecule has 0 aliphatic carbocycles. The molecule has 0 bridgehead atoms. The normalized spacial score (nSPS) is 17.7. The lowest BCUT2D eigenvalue weighted by Gasteiger charge is -2.38. The van der Waals surface area contributed by atoms with Gasteiger partial charge in [0.25, 0.3) is 5.91 Å². The van der Waals surface area contributed by atoms with Gasteiger partial charge in [0.15, 0.2) is 18.1 Å². The van der Waals surface area contributed by atoms with Gasteiger partial charge in [0, 0.05) is 18.2 Å². The third-order valence-electron chi connectivity index (χ3n) is 4.61. The minimum Gasteiger partial charge on any atom is -0.483 e. The molecule has 7 heteroatoms. The molecular formula is C20H21ClN2O4. The summed E-state index contributed by atoms with van der Waals surface area (Å²) in [5.41, 5.74) is 0.857. The van der Waals surface area contributed by atoms with Crippen LogP contribution < -0.4 is 14.2 Å². The molecule has 0 unspecified atom stereocenters. The van der Waals surface area contributed by atoms with Gasteiger partial charge in [-0.2, -0.15) is 0 Å². The highest BCUT2D eigenvalue weighted by Gasteiger charge is 2.35. The van der Waals surface area contributed by atoms with Crippen molar-refractivity contribution >= 4 is 17.5 Å². The van der Waals surface area contributed by atoms with Gasteiger partial charge in [0.2, 0.25) is 5.88 Å². The second-order valence-corrected chi connectivity index (χ2v) is 7.81. The van der Waals surface area contributed by atoms with Gasteiger partial charge in [0.05, 0.1) is 13.1 Å². The number of likely N-dealkylation sites (tertiary alicyclic amines) is 1. The zero-order valence-corrected chi connectivity index (χ0v) is 16.0. The maximum atomic E-state index is 12.4. The van der Waals surface area contributed by atoms with E-state index in [9.17, 15) is 4.79 Å². The fourth-order valence-corrected chi connectivity index (χ4v) is 3.43. The predicted octanol–water partition coefficient (Wildman–Crippen LogP) is 3.12. The van der Waals surface area contributed by atoms with Crippen LogP contribution in [-0.2, 0) is 11.2 Å². The van der Waals surface area contributed by atoms with Gasteiger partial charge < -0.3 is 19.1 Å². The van der Waals surface area contributed by atoms with Crippen LogP contribution in [0.3, 0.4) is 0 Å². The van der Waals surface area contributed by atoms with Crippen molar-refractivity contribution < 1.29 is 19.0 Å². The maximum Gasteiger partial charge on any atom is 0.260 e. The number of nitrogens with zero attached hydrogens (tertiary/aromatic N) is 2. The van der Waals surface area contributed by atoms with E-state index in [0.717, 1.165) is 17.7 Å². The molecule has 0 radical (unpaired) electrons. The first-order chi connectivity index (χ1) is 12.9. The molecule has 1 fully saturated rings. The summed E-state index contributed by atoms with van der Waals surface area (Å²) in [6.45, 7) is 5.03. The van der Waals surface area contributed by atoms with Gasteiger partial charge in [0.1, 0.15) is 16.7 Å². The zero-order chi connectivity index (χ0) is 19.0. The minimum atomic E-state index is -0.249. The average molecular weight is 389 g/mol. The number of fused-ring (bicyclic) bond motifs is 1. The van der Waals surface area contributed by atoms with Crippen molar-refractivity contribution in [3.05, 3.63) is 47.1 Å². The van der Waals surface area contributed by atoms with Crippen molar-refractivity contribution in [1.82, 2.24) is 9.88 Å². The Balaban J connectivity index is 1.29. The highest BCUT2D eigenvalue weighted by atomic mass is 35.5. The van der Waals surface area contributed by atoms with Crippen LogP contribution in [0, 0.1) is 0 Å². The first-order valence-corrected chi connectivity index (χ1v) is 9.28. The summed E-state index contributed by atoms with van der Waals surface area (Å²) >= 11 is 6.03. The lowest BCUT2D eigenvalue weighted by molar-refractivity contribution is -0.142. The van der Waals surface area contributed by atoms with Crippen LogP contribution >= 0.6 is 11.6 Å². The number of carbonyl (C=O) groups excluding carboxylic acids is 1. The molecule has 6 nitrogen and oxygen atoms in total. The van der Waals surface area contributed by atoms with Crippen molar-refractivity contribution in [2.45, 2.75) is 32.0 Å². The van der Waals surface area contributed by atoms with Gasteiger partial charge in [-0.15, -0.1) is 0 Å². The summed E-state index contributed by atoms with van der Waals surface area (Å²) < 4.78 is 17.4. The number of rotatable bonds is 5. The highest BCUT2D eigenvalue weighted by Crippen LogP contribution is 2.41. The largest absolute Gasteiger partial charge is 0.483 e. The van der Waals surface area contributed by atoms with Gasteiger partial charge in [-0.25, -0.2) is 4.98 Å². The molecule has 142 valence electrons. The summed E-state index contributed by atoms with van der Waals surface area (Å²) in [6.07, 6.45) is 2.35. The number of para-hydroxylation sites is 1. The summed E-state index contributed by atoms with van der Waals surface area (Å²) in [6, 6.07) is 9.25. The monoisotopic (exact) mass is 388 g/mol. The first kappa shape index (κ1) is 17.9. The molecule has 0 spiro atoms. The average Bonchev–Trinajstić information content (AvgIpc) is 2.91. The fraction of sp³-hybridized carbons (Fsp3) is 0.400. The number of pyridine rings is 1. The van der Waals surface area contributed by atoms with Crippen molar-refractivity contribution in [1.29, 1.82) is 0 Å². The number of benzene rings is 1. The smallest absolute Gasteiger partial charge is 0.260 e. The van der Waals surface area contributed by atoms with Crippen molar-refractivity contribution in [2.75, 3.05) is 19.7 Å². The molecule has 0 atom stereocenters. The zero-order valence-electron chi connectivity index (χ0n) is 15.3. The third kappa shape index (κ3) is 3.81. The number of aromatic nitrogens is 1. The quantitative estimate of drug-likeness (QED) is 0.787. The molecule has 1 saturated heterocycles. The molecule has 0 saturated carbocycles. The van der Waals surface area contributed by atoms with E-state index in [1.165, 1.54) is 0 Å². The molecule has 27 heavy (non-hydrogen) atoms. The molecule has 2 aliphatic rings. The molecule has 1 amide bonds. The van der Waals surface area contributed by atoms with E-state index in [2.05, 4.69) is 4.98 Å². The van der Waals surface area contributed by atoms with Crippen LogP contribution in [0.4, 0.5) is 0 Å². The SMILES string of the molecule is CC1(C)Cc2cccc(OCC(=O)N3CC(Oc4ncccc4Cl)C3)c2O1. The number of hydrogen-bond donors (Lipinski definition) is 0. The second kappa shape index (κ2) is 6.93. The molecule has 4 rings (SSSR count). The van der Waals surface area contributed by atoms with Crippen LogP contribution in [0.15, 0.2) is 36.5 Å². The van der Waals surface area contributed by atoms with Gasteiger partial charge in [-0.3, -0.25) is 4.79 Å². The third-order valence-corrected chi connectivity index (χ3v) is 4.90.